The topological polar surface area (TPSA) is 70.9 Å². The van der Waals surface area contributed by atoms with E-state index >= 15 is 0 Å². The molecule has 1 atom stereocenters. The summed E-state index contributed by atoms with van der Waals surface area (Å²) in [6.07, 6.45) is 1.73. The minimum atomic E-state index is -0.420. The summed E-state index contributed by atoms with van der Waals surface area (Å²) in [7, 11) is 0. The summed E-state index contributed by atoms with van der Waals surface area (Å²) >= 11 is 7.88. The summed E-state index contributed by atoms with van der Waals surface area (Å²) in [6, 6.07) is 5.58. The van der Waals surface area contributed by atoms with Gasteiger partial charge < -0.3 is 10.4 Å². The molecule has 100 valence electrons. The molecule has 2 heterocycles. The average Bonchev–Trinajstić information content (AvgIpc) is 2.33. The standard InChI is InChI=1S/C12H12ClIN4O/c1-7(19)5-8-3-2-4-10(16-8)17-11-9(14)6-15-12(13)18-11/h2-4,6-7,19H,5H2,1H3,(H,15,16,17,18). The molecule has 2 rings (SSSR count). The van der Waals surface area contributed by atoms with Crippen molar-refractivity contribution < 1.29 is 5.11 Å². The van der Waals surface area contributed by atoms with Crippen molar-refractivity contribution in [1.82, 2.24) is 15.0 Å². The maximum absolute atomic E-state index is 9.37. The third-order valence-electron chi connectivity index (χ3n) is 2.27. The van der Waals surface area contributed by atoms with Gasteiger partial charge in [-0.1, -0.05) is 6.07 Å². The van der Waals surface area contributed by atoms with Gasteiger partial charge in [0.05, 0.1) is 9.67 Å². The van der Waals surface area contributed by atoms with Gasteiger partial charge in [-0.25, -0.2) is 9.97 Å². The molecule has 0 saturated heterocycles. The third kappa shape index (κ3) is 4.26. The number of aliphatic hydroxyl groups excluding tert-OH is 1. The zero-order valence-electron chi connectivity index (χ0n) is 10.1. The molecule has 2 aromatic heterocycles. The van der Waals surface area contributed by atoms with Crippen LogP contribution in [0.25, 0.3) is 0 Å². The Morgan fingerprint density at radius 3 is 2.95 bits per heavy atom. The Kier molecular flexibility index (Phi) is 4.89. The molecule has 0 saturated carbocycles. The zero-order chi connectivity index (χ0) is 13.8. The van der Waals surface area contributed by atoms with Crippen LogP contribution >= 0.6 is 34.2 Å². The van der Waals surface area contributed by atoms with E-state index in [0.717, 1.165) is 9.26 Å². The maximum Gasteiger partial charge on any atom is 0.224 e. The molecular weight excluding hydrogens is 379 g/mol. The summed E-state index contributed by atoms with van der Waals surface area (Å²) in [5.74, 6) is 1.27. The first-order valence-corrected chi connectivity index (χ1v) is 7.09. The monoisotopic (exact) mass is 390 g/mol. The number of anilines is 2. The highest BCUT2D eigenvalue weighted by Crippen LogP contribution is 2.20. The van der Waals surface area contributed by atoms with Crippen LogP contribution in [0.5, 0.6) is 0 Å². The molecule has 0 aliphatic rings. The lowest BCUT2D eigenvalue weighted by atomic mass is 10.2. The predicted octanol–water partition coefficient (Wildman–Crippen LogP) is 2.80. The van der Waals surface area contributed by atoms with Gasteiger partial charge in [-0.15, -0.1) is 0 Å². The molecule has 2 aromatic rings. The van der Waals surface area contributed by atoms with Crippen LogP contribution in [-0.4, -0.2) is 26.2 Å². The minimum Gasteiger partial charge on any atom is -0.393 e. The van der Waals surface area contributed by atoms with Crippen molar-refractivity contribution in [2.75, 3.05) is 5.32 Å². The Hall–Kier alpha value is -0.990. The van der Waals surface area contributed by atoms with Gasteiger partial charge in [0.1, 0.15) is 11.6 Å². The van der Waals surface area contributed by atoms with Gasteiger partial charge in [-0.05, 0) is 53.2 Å². The first kappa shape index (κ1) is 14.4. The van der Waals surface area contributed by atoms with Gasteiger partial charge in [0.2, 0.25) is 5.28 Å². The lowest BCUT2D eigenvalue weighted by Gasteiger charge is -2.09. The molecule has 0 spiro atoms. The predicted molar refractivity (Wildman–Crippen MR) is 82.7 cm³/mol. The second-order valence-corrected chi connectivity index (χ2v) is 5.53. The Labute approximate surface area is 129 Å². The molecule has 0 aliphatic carbocycles. The first-order chi connectivity index (χ1) is 9.04. The average molecular weight is 391 g/mol. The van der Waals surface area contributed by atoms with Crippen LogP contribution in [0, 0.1) is 3.57 Å². The number of hydrogen-bond donors (Lipinski definition) is 2. The van der Waals surface area contributed by atoms with Crippen molar-refractivity contribution in [2.24, 2.45) is 0 Å². The molecular formula is C12H12ClIN4O. The van der Waals surface area contributed by atoms with Crippen LogP contribution < -0.4 is 5.32 Å². The van der Waals surface area contributed by atoms with Gasteiger partial charge in [0.15, 0.2) is 0 Å². The van der Waals surface area contributed by atoms with Crippen molar-refractivity contribution in [3.8, 4) is 0 Å². The van der Waals surface area contributed by atoms with Gasteiger partial charge in [-0.3, -0.25) is 0 Å². The van der Waals surface area contributed by atoms with Crippen molar-refractivity contribution in [1.29, 1.82) is 0 Å². The van der Waals surface area contributed by atoms with Crippen molar-refractivity contribution in [3.05, 3.63) is 38.9 Å². The number of hydrogen-bond acceptors (Lipinski definition) is 5. The number of halogens is 2. The molecule has 0 aromatic carbocycles. The highest BCUT2D eigenvalue weighted by Gasteiger charge is 2.06. The minimum absolute atomic E-state index is 0.183. The normalized spacial score (nSPS) is 12.2. The van der Waals surface area contributed by atoms with E-state index in [9.17, 15) is 5.11 Å². The van der Waals surface area contributed by atoms with E-state index in [2.05, 4.69) is 42.9 Å². The number of rotatable bonds is 4. The molecule has 0 bridgehead atoms. The van der Waals surface area contributed by atoms with Gasteiger partial charge in [0.25, 0.3) is 0 Å². The first-order valence-electron chi connectivity index (χ1n) is 5.63. The van der Waals surface area contributed by atoms with Crippen LogP contribution in [0.1, 0.15) is 12.6 Å². The number of nitrogens with one attached hydrogen (secondary N) is 1. The fourth-order valence-corrected chi connectivity index (χ4v) is 2.05. The van der Waals surface area contributed by atoms with Crippen molar-refractivity contribution >= 4 is 45.8 Å². The van der Waals surface area contributed by atoms with Crippen molar-refractivity contribution in [2.45, 2.75) is 19.4 Å². The highest BCUT2D eigenvalue weighted by atomic mass is 127. The van der Waals surface area contributed by atoms with Crippen LogP contribution in [0.2, 0.25) is 5.28 Å². The van der Waals surface area contributed by atoms with Gasteiger partial charge in [-0.2, -0.15) is 4.98 Å². The van der Waals surface area contributed by atoms with E-state index in [0.29, 0.717) is 18.1 Å². The van der Waals surface area contributed by atoms with E-state index in [4.69, 9.17) is 11.6 Å². The number of aromatic nitrogens is 3. The smallest absolute Gasteiger partial charge is 0.224 e. The van der Waals surface area contributed by atoms with E-state index < -0.39 is 6.10 Å². The van der Waals surface area contributed by atoms with E-state index in [-0.39, 0.29) is 5.28 Å². The fourth-order valence-electron chi connectivity index (χ4n) is 1.52. The molecule has 0 amide bonds. The molecule has 0 aliphatic heterocycles. The SMILES string of the molecule is CC(O)Cc1cccc(Nc2nc(Cl)ncc2I)n1. The lowest BCUT2D eigenvalue weighted by Crippen LogP contribution is -2.07. The van der Waals surface area contributed by atoms with Gasteiger partial charge in [0, 0.05) is 18.3 Å². The molecule has 5 nitrogen and oxygen atoms in total. The largest absolute Gasteiger partial charge is 0.393 e. The quantitative estimate of drug-likeness (QED) is 0.620. The zero-order valence-corrected chi connectivity index (χ0v) is 13.1. The Morgan fingerprint density at radius 1 is 1.42 bits per heavy atom. The van der Waals surface area contributed by atoms with Crippen LogP contribution in [0.15, 0.2) is 24.4 Å². The molecule has 2 N–H and O–H groups in total. The van der Waals surface area contributed by atoms with Crippen LogP contribution in [0.4, 0.5) is 11.6 Å². The van der Waals surface area contributed by atoms with Crippen LogP contribution in [0.3, 0.4) is 0 Å². The second-order valence-electron chi connectivity index (χ2n) is 4.03. The Bertz CT molecular complexity index is 579. The summed E-state index contributed by atoms with van der Waals surface area (Å²) < 4.78 is 0.852. The number of pyridine rings is 1. The maximum atomic E-state index is 9.37. The number of nitrogens with zero attached hydrogens (tertiary/aromatic N) is 3. The van der Waals surface area contributed by atoms with E-state index in [1.807, 2.05) is 18.2 Å². The van der Waals surface area contributed by atoms with Gasteiger partial charge >= 0.3 is 0 Å². The number of aliphatic hydroxyl groups is 1. The molecule has 0 fully saturated rings. The highest BCUT2D eigenvalue weighted by molar-refractivity contribution is 14.1. The van der Waals surface area contributed by atoms with E-state index in [1.165, 1.54) is 0 Å². The lowest BCUT2D eigenvalue weighted by molar-refractivity contribution is 0.194. The molecule has 7 heteroatoms. The summed E-state index contributed by atoms with van der Waals surface area (Å²) in [5.41, 5.74) is 0.815. The molecule has 1 unspecified atom stereocenters. The Balaban J connectivity index is 2.21. The third-order valence-corrected chi connectivity index (χ3v) is 3.24. The molecule has 19 heavy (non-hydrogen) atoms. The molecule has 0 radical (unpaired) electrons. The second kappa shape index (κ2) is 6.44. The van der Waals surface area contributed by atoms with Crippen molar-refractivity contribution in [3.63, 3.8) is 0 Å². The van der Waals surface area contributed by atoms with E-state index in [1.54, 1.807) is 13.1 Å². The summed E-state index contributed by atoms with van der Waals surface area (Å²) in [6.45, 7) is 1.73. The summed E-state index contributed by atoms with van der Waals surface area (Å²) in [4.78, 5) is 12.4. The summed E-state index contributed by atoms with van der Waals surface area (Å²) in [5, 5.41) is 12.6. The van der Waals surface area contributed by atoms with Crippen LogP contribution in [-0.2, 0) is 6.42 Å². The fraction of sp³-hybridized carbons (Fsp3) is 0.250. The Morgan fingerprint density at radius 2 is 2.21 bits per heavy atom.